The Labute approximate surface area is 152 Å². The lowest BCUT2D eigenvalue weighted by molar-refractivity contribution is -0.132. The van der Waals surface area contributed by atoms with Gasteiger partial charge in [0.1, 0.15) is 6.54 Å². The Balaban J connectivity index is 1.36. The second-order valence-electron chi connectivity index (χ2n) is 6.90. The molecule has 1 saturated heterocycles. The highest BCUT2D eigenvalue weighted by atomic mass is 16.5. The number of rotatable bonds is 3. The van der Waals surface area contributed by atoms with Crippen LogP contribution in [0.4, 0.5) is 5.95 Å². The summed E-state index contributed by atoms with van der Waals surface area (Å²) in [5, 5.41) is 4.38. The monoisotopic (exact) mass is 356 g/mol. The van der Waals surface area contributed by atoms with Gasteiger partial charge in [0.05, 0.1) is 24.6 Å². The first-order chi connectivity index (χ1) is 12.6. The average molecular weight is 356 g/mol. The number of amides is 1. The van der Waals surface area contributed by atoms with Crippen LogP contribution in [0.3, 0.4) is 0 Å². The molecule has 0 bridgehead atoms. The highest BCUT2D eigenvalue weighted by Gasteiger charge is 2.24. The fourth-order valence-corrected chi connectivity index (χ4v) is 3.49. The lowest BCUT2D eigenvalue weighted by Crippen LogP contribution is -2.50. The molecule has 0 saturated carbocycles. The molecule has 2 aromatic rings. The van der Waals surface area contributed by atoms with Crippen molar-refractivity contribution in [3.05, 3.63) is 34.9 Å². The molecule has 0 aromatic carbocycles. The van der Waals surface area contributed by atoms with Crippen molar-refractivity contribution in [3.63, 3.8) is 0 Å². The fraction of sp³-hybridized carbons (Fsp3) is 0.556. The minimum Gasteiger partial charge on any atom is -0.376 e. The number of nitrogens with zero attached hydrogens (tertiary/aromatic N) is 6. The van der Waals surface area contributed by atoms with Gasteiger partial charge in [-0.15, -0.1) is 0 Å². The van der Waals surface area contributed by atoms with Crippen molar-refractivity contribution in [3.8, 4) is 0 Å². The number of aryl methyl sites for hydroxylation is 2. The predicted molar refractivity (Wildman–Crippen MR) is 95.9 cm³/mol. The Morgan fingerprint density at radius 3 is 2.77 bits per heavy atom. The first-order valence-electron chi connectivity index (χ1n) is 9.06. The summed E-state index contributed by atoms with van der Waals surface area (Å²) in [4.78, 5) is 25.8. The molecule has 2 aliphatic heterocycles. The molecule has 1 fully saturated rings. The molecule has 8 nitrogen and oxygen atoms in total. The smallest absolute Gasteiger partial charge is 0.244 e. The van der Waals surface area contributed by atoms with Crippen molar-refractivity contribution in [2.75, 3.05) is 37.7 Å². The van der Waals surface area contributed by atoms with Gasteiger partial charge in [-0.2, -0.15) is 5.10 Å². The maximum Gasteiger partial charge on any atom is 0.244 e. The summed E-state index contributed by atoms with van der Waals surface area (Å²) in [7, 11) is 0. The molecule has 0 N–H and O–H groups in total. The molecule has 0 unspecified atom stereocenters. The Kier molecular flexibility index (Phi) is 4.58. The zero-order valence-corrected chi connectivity index (χ0v) is 15.3. The standard InChI is InChI=1S/C18H24N6O2/c1-13-9-14(2)24(21-13)11-17(25)22-4-6-23(7-5-22)18-19-10-15-12-26-8-3-16(15)20-18/h9-10H,3-8,11-12H2,1-2H3. The van der Waals surface area contributed by atoms with Crippen molar-refractivity contribution in [1.29, 1.82) is 0 Å². The third kappa shape index (κ3) is 3.41. The van der Waals surface area contributed by atoms with Crippen LogP contribution in [-0.4, -0.2) is 63.3 Å². The Morgan fingerprint density at radius 2 is 2.04 bits per heavy atom. The van der Waals surface area contributed by atoms with E-state index in [-0.39, 0.29) is 5.91 Å². The van der Waals surface area contributed by atoms with Crippen LogP contribution in [0.15, 0.2) is 12.3 Å². The molecule has 8 heteroatoms. The molecule has 4 rings (SSSR count). The van der Waals surface area contributed by atoms with Gasteiger partial charge in [0.2, 0.25) is 11.9 Å². The lowest BCUT2D eigenvalue weighted by atomic mass is 10.1. The Morgan fingerprint density at radius 1 is 1.23 bits per heavy atom. The van der Waals surface area contributed by atoms with Crippen LogP contribution in [0.2, 0.25) is 0 Å². The average Bonchev–Trinajstić information content (AvgIpc) is 2.98. The molecule has 0 aliphatic carbocycles. The maximum atomic E-state index is 12.6. The number of anilines is 1. The second-order valence-corrected chi connectivity index (χ2v) is 6.90. The lowest BCUT2D eigenvalue weighted by Gasteiger charge is -2.35. The van der Waals surface area contributed by atoms with E-state index in [4.69, 9.17) is 9.72 Å². The van der Waals surface area contributed by atoms with E-state index in [1.165, 1.54) is 0 Å². The summed E-state index contributed by atoms with van der Waals surface area (Å²) in [5.41, 5.74) is 4.12. The van der Waals surface area contributed by atoms with E-state index in [2.05, 4.69) is 15.0 Å². The number of piperazine rings is 1. The van der Waals surface area contributed by atoms with E-state index in [9.17, 15) is 4.79 Å². The minimum atomic E-state index is 0.111. The van der Waals surface area contributed by atoms with Crippen molar-refractivity contribution in [2.45, 2.75) is 33.4 Å². The van der Waals surface area contributed by atoms with Gasteiger partial charge in [-0.25, -0.2) is 9.97 Å². The van der Waals surface area contributed by atoms with Gasteiger partial charge in [0.15, 0.2) is 0 Å². The van der Waals surface area contributed by atoms with Crippen LogP contribution >= 0.6 is 0 Å². The number of hydrogen-bond acceptors (Lipinski definition) is 6. The first kappa shape index (κ1) is 17.0. The van der Waals surface area contributed by atoms with E-state index in [0.29, 0.717) is 26.2 Å². The molecule has 138 valence electrons. The van der Waals surface area contributed by atoms with Crippen LogP contribution < -0.4 is 4.90 Å². The van der Waals surface area contributed by atoms with Crippen LogP contribution in [0.25, 0.3) is 0 Å². The predicted octanol–water partition coefficient (Wildman–Crippen LogP) is 0.711. The molecule has 0 spiro atoms. The van der Waals surface area contributed by atoms with E-state index < -0.39 is 0 Å². The summed E-state index contributed by atoms with van der Waals surface area (Å²) in [6.07, 6.45) is 2.71. The van der Waals surface area contributed by atoms with E-state index >= 15 is 0 Å². The third-order valence-corrected chi connectivity index (χ3v) is 4.99. The Hall–Kier alpha value is -2.48. The van der Waals surface area contributed by atoms with Gasteiger partial charge in [-0.05, 0) is 19.9 Å². The van der Waals surface area contributed by atoms with Crippen LogP contribution in [0, 0.1) is 13.8 Å². The molecule has 1 amide bonds. The van der Waals surface area contributed by atoms with Crippen molar-refractivity contribution in [2.24, 2.45) is 0 Å². The number of hydrogen-bond donors (Lipinski definition) is 0. The molecule has 0 radical (unpaired) electrons. The SMILES string of the molecule is Cc1cc(C)n(CC(=O)N2CCN(c3ncc4c(n3)CCOC4)CC2)n1. The molecule has 0 atom stereocenters. The fourth-order valence-electron chi connectivity index (χ4n) is 3.49. The number of carbonyl (C=O) groups excluding carboxylic acids is 1. The summed E-state index contributed by atoms with van der Waals surface area (Å²) < 4.78 is 7.21. The van der Waals surface area contributed by atoms with Gasteiger partial charge in [0, 0.05) is 50.1 Å². The number of carbonyl (C=O) groups is 1. The molecular formula is C18H24N6O2. The van der Waals surface area contributed by atoms with Gasteiger partial charge < -0.3 is 14.5 Å². The Bertz CT molecular complexity index is 810. The number of ether oxygens (including phenoxy) is 1. The highest BCUT2D eigenvalue weighted by Crippen LogP contribution is 2.18. The summed E-state index contributed by atoms with van der Waals surface area (Å²) in [6.45, 7) is 8.40. The van der Waals surface area contributed by atoms with Crippen LogP contribution in [0.1, 0.15) is 22.6 Å². The van der Waals surface area contributed by atoms with Gasteiger partial charge in [0.25, 0.3) is 0 Å². The third-order valence-electron chi connectivity index (χ3n) is 4.99. The normalized spacial score (nSPS) is 17.3. The van der Waals surface area contributed by atoms with E-state index in [1.807, 2.05) is 31.0 Å². The largest absolute Gasteiger partial charge is 0.376 e. The topological polar surface area (TPSA) is 76.4 Å². The summed E-state index contributed by atoms with van der Waals surface area (Å²) in [5.74, 6) is 0.871. The quantitative estimate of drug-likeness (QED) is 0.806. The highest BCUT2D eigenvalue weighted by molar-refractivity contribution is 5.76. The summed E-state index contributed by atoms with van der Waals surface area (Å²) >= 11 is 0. The van der Waals surface area contributed by atoms with Crippen LogP contribution in [0.5, 0.6) is 0 Å². The number of aromatic nitrogens is 4. The molecular weight excluding hydrogens is 332 g/mol. The number of fused-ring (bicyclic) bond motifs is 1. The maximum absolute atomic E-state index is 12.6. The van der Waals surface area contributed by atoms with Gasteiger partial charge in [-0.3, -0.25) is 9.48 Å². The van der Waals surface area contributed by atoms with E-state index in [0.717, 1.165) is 54.7 Å². The van der Waals surface area contributed by atoms with Crippen molar-refractivity contribution < 1.29 is 9.53 Å². The summed E-state index contributed by atoms with van der Waals surface area (Å²) in [6, 6.07) is 1.99. The van der Waals surface area contributed by atoms with Crippen molar-refractivity contribution in [1.82, 2.24) is 24.6 Å². The second kappa shape index (κ2) is 7.03. The zero-order valence-electron chi connectivity index (χ0n) is 15.3. The molecule has 26 heavy (non-hydrogen) atoms. The van der Waals surface area contributed by atoms with Gasteiger partial charge in [-0.1, -0.05) is 0 Å². The molecule has 2 aromatic heterocycles. The molecule has 2 aliphatic rings. The van der Waals surface area contributed by atoms with Crippen molar-refractivity contribution >= 4 is 11.9 Å². The first-order valence-corrected chi connectivity index (χ1v) is 9.06. The van der Waals surface area contributed by atoms with Gasteiger partial charge >= 0.3 is 0 Å². The zero-order chi connectivity index (χ0) is 18.1. The minimum absolute atomic E-state index is 0.111. The molecule has 4 heterocycles. The van der Waals surface area contributed by atoms with E-state index in [1.54, 1.807) is 4.68 Å². The van der Waals surface area contributed by atoms with Crippen LogP contribution in [-0.2, 0) is 29.1 Å².